The number of rotatable bonds is 6. The van der Waals surface area contributed by atoms with Gasteiger partial charge in [-0.1, -0.05) is 36.8 Å². The van der Waals surface area contributed by atoms with Crippen LogP contribution in [0.4, 0.5) is 0 Å². The van der Waals surface area contributed by atoms with Crippen molar-refractivity contribution in [3.05, 3.63) is 66.1 Å². The first-order valence-corrected chi connectivity index (χ1v) is 11.8. The number of benzene rings is 1. The Morgan fingerprint density at radius 2 is 1.91 bits per heavy atom. The average molecular weight is 431 g/mol. The summed E-state index contributed by atoms with van der Waals surface area (Å²) in [6.07, 6.45) is 13.4. The summed E-state index contributed by atoms with van der Waals surface area (Å²) in [6, 6.07) is 12.5. The number of carbonyl (C=O) groups excluding carboxylic acids is 1. The molecule has 0 bridgehead atoms. The van der Waals surface area contributed by atoms with Crippen molar-refractivity contribution in [3.8, 4) is 5.88 Å². The number of ketones is 1. The predicted molar refractivity (Wildman–Crippen MR) is 125 cm³/mol. The fourth-order valence-corrected chi connectivity index (χ4v) is 4.94. The number of nitrogens with zero attached hydrogens (tertiary/aromatic N) is 3. The molecule has 32 heavy (non-hydrogen) atoms. The second-order valence-electron chi connectivity index (χ2n) is 8.91. The summed E-state index contributed by atoms with van der Waals surface area (Å²) in [4.78, 5) is 19.8. The van der Waals surface area contributed by atoms with E-state index in [9.17, 15) is 4.79 Å². The van der Waals surface area contributed by atoms with Gasteiger partial charge in [0.1, 0.15) is 11.8 Å². The molecule has 1 aliphatic carbocycles. The molecule has 1 N–H and O–H groups in total. The van der Waals surface area contributed by atoms with Crippen LogP contribution in [0.2, 0.25) is 0 Å². The summed E-state index contributed by atoms with van der Waals surface area (Å²) in [7, 11) is 0. The highest BCUT2D eigenvalue weighted by Gasteiger charge is 2.23. The number of allylic oxidation sites excluding steroid dienone is 1. The summed E-state index contributed by atoms with van der Waals surface area (Å²) in [5.41, 5.74) is 2.53. The van der Waals surface area contributed by atoms with Crippen LogP contribution in [-0.4, -0.2) is 45.1 Å². The van der Waals surface area contributed by atoms with Crippen LogP contribution in [-0.2, 0) is 0 Å². The maximum atomic E-state index is 13.1. The zero-order chi connectivity index (χ0) is 21.8. The van der Waals surface area contributed by atoms with Crippen molar-refractivity contribution in [2.24, 2.45) is 0 Å². The van der Waals surface area contributed by atoms with Crippen LogP contribution in [0.1, 0.15) is 66.9 Å². The van der Waals surface area contributed by atoms with Crippen molar-refractivity contribution < 1.29 is 9.53 Å². The largest absolute Gasteiger partial charge is 0.474 e. The Labute approximate surface area is 188 Å². The molecule has 1 saturated carbocycles. The van der Waals surface area contributed by atoms with E-state index >= 15 is 0 Å². The van der Waals surface area contributed by atoms with Crippen molar-refractivity contribution in [2.75, 3.05) is 13.1 Å². The van der Waals surface area contributed by atoms with Crippen LogP contribution in [0.5, 0.6) is 5.88 Å². The highest BCUT2D eigenvalue weighted by molar-refractivity contribution is 6.12. The lowest BCUT2D eigenvalue weighted by Gasteiger charge is -2.32. The number of ether oxygens (including phenoxy) is 1. The van der Waals surface area contributed by atoms with E-state index in [0.29, 0.717) is 22.9 Å². The lowest BCUT2D eigenvalue weighted by atomic mass is 9.91. The highest BCUT2D eigenvalue weighted by atomic mass is 16.5. The molecule has 0 unspecified atom stereocenters. The quantitative estimate of drug-likeness (QED) is 0.427. The predicted octanol–water partition coefficient (Wildman–Crippen LogP) is 5.25. The van der Waals surface area contributed by atoms with Crippen LogP contribution in [0, 0.1) is 0 Å². The van der Waals surface area contributed by atoms with Gasteiger partial charge in [-0.05, 0) is 50.2 Å². The zero-order valence-corrected chi connectivity index (χ0v) is 18.4. The number of likely N-dealkylation sites (tertiary alicyclic amines) is 1. The molecule has 3 aromatic rings. The number of H-pyrrole nitrogens is 1. The van der Waals surface area contributed by atoms with E-state index in [1.165, 1.54) is 31.2 Å². The molecule has 6 nitrogen and oxygen atoms in total. The Kier molecular flexibility index (Phi) is 6.19. The minimum absolute atomic E-state index is 0.125. The molecule has 1 aromatic carbocycles. The molecule has 3 heterocycles. The average Bonchev–Trinajstić information content (AvgIpc) is 3.29. The van der Waals surface area contributed by atoms with Crippen LogP contribution in [0.15, 0.2) is 54.9 Å². The fraction of sp³-hybridized carbons (Fsp3) is 0.423. The molecule has 2 aromatic heterocycles. The Morgan fingerprint density at radius 1 is 1.06 bits per heavy atom. The molecule has 0 spiro atoms. The molecular formula is C26H30N4O2. The van der Waals surface area contributed by atoms with Gasteiger partial charge < -0.3 is 9.64 Å². The van der Waals surface area contributed by atoms with Crippen LogP contribution < -0.4 is 4.74 Å². The van der Waals surface area contributed by atoms with Gasteiger partial charge in [0.25, 0.3) is 0 Å². The molecule has 0 radical (unpaired) electrons. The first-order valence-electron chi connectivity index (χ1n) is 11.8. The zero-order valence-electron chi connectivity index (χ0n) is 18.4. The van der Waals surface area contributed by atoms with E-state index < -0.39 is 0 Å². The third-order valence-electron chi connectivity index (χ3n) is 6.67. The Balaban J connectivity index is 1.32. The third kappa shape index (κ3) is 4.54. The summed E-state index contributed by atoms with van der Waals surface area (Å²) in [6.45, 7) is 1.89. The normalized spacial score (nSPS) is 20.1. The number of hydrogen-bond acceptors (Lipinski definition) is 5. The van der Waals surface area contributed by atoms with E-state index in [1.807, 2.05) is 12.3 Å². The molecule has 1 saturated heterocycles. The molecule has 166 valence electrons. The summed E-state index contributed by atoms with van der Waals surface area (Å²) in [5, 5.41) is 7.97. The van der Waals surface area contributed by atoms with Gasteiger partial charge in [0.05, 0.1) is 10.9 Å². The Bertz CT molecular complexity index is 1090. The van der Waals surface area contributed by atoms with E-state index in [2.05, 4.69) is 50.4 Å². The monoisotopic (exact) mass is 430 g/mol. The summed E-state index contributed by atoms with van der Waals surface area (Å²) in [5.74, 6) is 0.886. The molecule has 6 heteroatoms. The van der Waals surface area contributed by atoms with Crippen molar-refractivity contribution in [1.82, 2.24) is 20.1 Å². The van der Waals surface area contributed by atoms with Gasteiger partial charge in [0, 0.05) is 37.5 Å². The number of aromatic nitrogens is 3. The number of carbonyl (C=O) groups is 1. The standard InChI is InChI=1S/C26H30N4O2/c31-23(14-17-30-16-7-10-20(18-30)19-8-3-1-4-9-19)25-24-22(28-29-25)13-15-27-26(24)32-21-11-5-2-6-12-21/h1,3-4,8-9,13-15,17,20-21H,2,5-7,10-12,16,18H2,(H,28,29)/t20-/m0/s1. The van der Waals surface area contributed by atoms with Crippen LogP contribution in [0.25, 0.3) is 10.9 Å². The molecule has 2 fully saturated rings. The van der Waals surface area contributed by atoms with Gasteiger partial charge in [-0.3, -0.25) is 9.89 Å². The SMILES string of the molecule is O=C(C=CN1CCC[C@H](c2ccccc2)C1)c1n[nH]c2ccnc(OC3CCCCC3)c12. The van der Waals surface area contributed by atoms with E-state index in [4.69, 9.17) is 4.74 Å². The minimum Gasteiger partial charge on any atom is -0.474 e. The van der Waals surface area contributed by atoms with Crippen molar-refractivity contribution in [1.29, 1.82) is 0 Å². The van der Waals surface area contributed by atoms with Gasteiger partial charge in [0.15, 0.2) is 0 Å². The lowest BCUT2D eigenvalue weighted by Crippen LogP contribution is -2.30. The fourth-order valence-electron chi connectivity index (χ4n) is 4.94. The first-order chi connectivity index (χ1) is 15.8. The molecule has 1 atom stereocenters. The van der Waals surface area contributed by atoms with Crippen LogP contribution in [0.3, 0.4) is 0 Å². The Hall–Kier alpha value is -3.15. The number of fused-ring (bicyclic) bond motifs is 1. The van der Waals surface area contributed by atoms with Gasteiger partial charge in [-0.25, -0.2) is 4.98 Å². The second kappa shape index (κ2) is 9.55. The van der Waals surface area contributed by atoms with Crippen molar-refractivity contribution in [2.45, 2.75) is 57.0 Å². The van der Waals surface area contributed by atoms with Crippen molar-refractivity contribution >= 4 is 16.7 Å². The van der Waals surface area contributed by atoms with Crippen molar-refractivity contribution in [3.63, 3.8) is 0 Å². The van der Waals surface area contributed by atoms with E-state index in [0.717, 1.165) is 37.9 Å². The molecule has 1 aliphatic heterocycles. The smallest absolute Gasteiger partial charge is 0.225 e. The number of nitrogens with one attached hydrogen (secondary N) is 1. The minimum atomic E-state index is -0.125. The lowest BCUT2D eigenvalue weighted by molar-refractivity contribution is 0.104. The molecule has 2 aliphatic rings. The maximum absolute atomic E-state index is 13.1. The second-order valence-corrected chi connectivity index (χ2v) is 8.91. The first kappa shape index (κ1) is 20.7. The van der Waals surface area contributed by atoms with Crippen LogP contribution >= 0.6 is 0 Å². The third-order valence-corrected chi connectivity index (χ3v) is 6.67. The van der Waals surface area contributed by atoms with Gasteiger partial charge >= 0.3 is 0 Å². The van der Waals surface area contributed by atoms with E-state index in [1.54, 1.807) is 12.3 Å². The van der Waals surface area contributed by atoms with Gasteiger partial charge in [-0.15, -0.1) is 0 Å². The number of piperidine rings is 1. The number of aromatic amines is 1. The van der Waals surface area contributed by atoms with Gasteiger partial charge in [0.2, 0.25) is 11.7 Å². The highest BCUT2D eigenvalue weighted by Crippen LogP contribution is 2.30. The van der Waals surface area contributed by atoms with Gasteiger partial charge in [-0.2, -0.15) is 5.10 Å². The Morgan fingerprint density at radius 3 is 2.75 bits per heavy atom. The molecule has 0 amide bonds. The number of pyridine rings is 1. The van der Waals surface area contributed by atoms with E-state index in [-0.39, 0.29) is 11.9 Å². The topological polar surface area (TPSA) is 71.1 Å². The summed E-state index contributed by atoms with van der Waals surface area (Å²) < 4.78 is 6.22. The molecule has 5 rings (SSSR count). The molecular weight excluding hydrogens is 400 g/mol. The maximum Gasteiger partial charge on any atom is 0.225 e. The number of hydrogen-bond donors (Lipinski definition) is 1. The summed E-state index contributed by atoms with van der Waals surface area (Å²) >= 11 is 0.